The maximum absolute atomic E-state index is 12.8. The molecule has 2 aromatic carbocycles. The van der Waals surface area contributed by atoms with Crippen LogP contribution < -0.4 is 10.1 Å². The van der Waals surface area contributed by atoms with E-state index in [1.807, 2.05) is 32.9 Å². The molecule has 2 aromatic rings. The Hall–Kier alpha value is -2.38. The molecule has 1 aliphatic rings. The largest absolute Gasteiger partial charge is 0.483 e. The van der Waals surface area contributed by atoms with Crippen molar-refractivity contribution < 1.29 is 17.9 Å². The first-order chi connectivity index (χ1) is 14.3. The smallest absolute Gasteiger partial charge is 0.262 e. The predicted molar refractivity (Wildman–Crippen MR) is 118 cm³/mol. The number of benzene rings is 2. The van der Waals surface area contributed by atoms with E-state index in [0.717, 1.165) is 48.1 Å². The second kappa shape index (κ2) is 9.62. The monoisotopic (exact) mass is 430 g/mol. The SMILES string of the molecule is Cc1cc(C)c(OCC(=O)Nc2ccc(S(=O)(=O)N3CCCCCC3)cc2)c(C)c1. The van der Waals surface area contributed by atoms with Crippen molar-refractivity contribution in [3.8, 4) is 5.75 Å². The summed E-state index contributed by atoms with van der Waals surface area (Å²) in [7, 11) is -3.49. The number of anilines is 1. The molecule has 0 radical (unpaired) electrons. The van der Waals surface area contributed by atoms with Crippen LogP contribution in [0.3, 0.4) is 0 Å². The summed E-state index contributed by atoms with van der Waals surface area (Å²) < 4.78 is 33.0. The predicted octanol–water partition coefficient (Wildman–Crippen LogP) is 4.19. The van der Waals surface area contributed by atoms with Crippen LogP contribution in [0.2, 0.25) is 0 Å². The molecule has 0 atom stereocenters. The summed E-state index contributed by atoms with van der Waals surface area (Å²) in [5.41, 5.74) is 3.67. The number of rotatable bonds is 6. The number of carbonyl (C=O) groups is 1. The van der Waals surface area contributed by atoms with E-state index in [4.69, 9.17) is 4.74 Å². The van der Waals surface area contributed by atoms with Crippen LogP contribution in [0.1, 0.15) is 42.4 Å². The molecular weight excluding hydrogens is 400 g/mol. The summed E-state index contributed by atoms with van der Waals surface area (Å²) in [6.07, 6.45) is 3.93. The number of hydrogen-bond donors (Lipinski definition) is 1. The zero-order valence-corrected chi connectivity index (χ0v) is 18.7. The fourth-order valence-corrected chi connectivity index (χ4v) is 5.39. The molecular formula is C23H30N2O4S. The van der Waals surface area contributed by atoms with Gasteiger partial charge in [0.2, 0.25) is 10.0 Å². The van der Waals surface area contributed by atoms with Crippen molar-refractivity contribution in [2.45, 2.75) is 51.3 Å². The molecule has 1 fully saturated rings. The molecule has 1 amide bonds. The molecule has 162 valence electrons. The molecule has 30 heavy (non-hydrogen) atoms. The molecule has 0 saturated carbocycles. The highest BCUT2D eigenvalue weighted by atomic mass is 32.2. The van der Waals surface area contributed by atoms with Crippen LogP contribution in [0.4, 0.5) is 5.69 Å². The van der Waals surface area contributed by atoms with Crippen LogP contribution in [0.15, 0.2) is 41.3 Å². The summed E-state index contributed by atoms with van der Waals surface area (Å²) in [6.45, 7) is 6.95. The maximum Gasteiger partial charge on any atom is 0.262 e. The number of carbonyl (C=O) groups excluding carboxylic acids is 1. The standard InChI is InChI=1S/C23H30N2O4S/c1-17-14-18(2)23(19(3)15-17)29-16-22(26)24-20-8-10-21(11-9-20)30(27,28)25-12-6-4-5-7-13-25/h8-11,14-15H,4-7,12-13,16H2,1-3H3,(H,24,26). The van der Waals surface area contributed by atoms with Gasteiger partial charge in [-0.05, 0) is 69.0 Å². The fraction of sp³-hybridized carbons (Fsp3) is 0.435. The highest BCUT2D eigenvalue weighted by molar-refractivity contribution is 7.89. The van der Waals surface area contributed by atoms with Crippen molar-refractivity contribution in [3.63, 3.8) is 0 Å². The van der Waals surface area contributed by atoms with E-state index in [2.05, 4.69) is 5.32 Å². The third-order valence-electron chi connectivity index (χ3n) is 5.29. The van der Waals surface area contributed by atoms with Gasteiger partial charge in [0.15, 0.2) is 6.61 Å². The molecule has 7 heteroatoms. The van der Waals surface area contributed by atoms with Crippen LogP contribution in [-0.4, -0.2) is 38.3 Å². The Balaban J connectivity index is 1.61. The number of amides is 1. The van der Waals surface area contributed by atoms with E-state index in [1.165, 1.54) is 0 Å². The van der Waals surface area contributed by atoms with Crippen molar-refractivity contribution in [1.82, 2.24) is 4.31 Å². The Morgan fingerprint density at radius 3 is 2.10 bits per heavy atom. The van der Waals surface area contributed by atoms with Gasteiger partial charge in [0.05, 0.1) is 4.90 Å². The summed E-state index contributed by atoms with van der Waals surface area (Å²) in [5.74, 6) is 0.423. The van der Waals surface area contributed by atoms with Crippen molar-refractivity contribution in [1.29, 1.82) is 0 Å². The summed E-state index contributed by atoms with van der Waals surface area (Å²) >= 11 is 0. The van der Waals surface area contributed by atoms with Gasteiger partial charge in [0.25, 0.3) is 5.91 Å². The van der Waals surface area contributed by atoms with Gasteiger partial charge in [-0.25, -0.2) is 8.42 Å². The summed E-state index contributed by atoms with van der Waals surface area (Å²) in [6, 6.07) is 10.4. The highest BCUT2D eigenvalue weighted by Crippen LogP contribution is 2.25. The Morgan fingerprint density at radius 1 is 0.967 bits per heavy atom. The van der Waals surface area contributed by atoms with E-state index in [-0.39, 0.29) is 17.4 Å². The zero-order chi connectivity index (χ0) is 21.7. The van der Waals surface area contributed by atoms with Crippen LogP contribution in [0, 0.1) is 20.8 Å². The number of ether oxygens (including phenoxy) is 1. The first kappa shape index (κ1) is 22.3. The van der Waals surface area contributed by atoms with E-state index < -0.39 is 10.0 Å². The average Bonchev–Trinajstić information content (AvgIpc) is 2.97. The van der Waals surface area contributed by atoms with Gasteiger partial charge in [0.1, 0.15) is 5.75 Å². The molecule has 0 aliphatic carbocycles. The second-order valence-corrected chi connectivity index (χ2v) is 9.85. The molecule has 1 aliphatic heterocycles. The topological polar surface area (TPSA) is 75.7 Å². The maximum atomic E-state index is 12.8. The molecule has 1 N–H and O–H groups in total. The van der Waals surface area contributed by atoms with Crippen molar-refractivity contribution in [2.24, 2.45) is 0 Å². The first-order valence-corrected chi connectivity index (χ1v) is 11.8. The van der Waals surface area contributed by atoms with Crippen LogP contribution in [0.25, 0.3) is 0 Å². The molecule has 0 spiro atoms. The lowest BCUT2D eigenvalue weighted by molar-refractivity contribution is -0.118. The fourth-order valence-electron chi connectivity index (χ4n) is 3.87. The molecule has 1 heterocycles. The zero-order valence-electron chi connectivity index (χ0n) is 17.9. The van der Waals surface area contributed by atoms with Crippen molar-refractivity contribution in [2.75, 3.05) is 25.0 Å². The van der Waals surface area contributed by atoms with Gasteiger partial charge in [-0.15, -0.1) is 0 Å². The lowest BCUT2D eigenvalue weighted by Gasteiger charge is -2.20. The minimum atomic E-state index is -3.49. The Labute approximate surface area is 179 Å². The van der Waals surface area contributed by atoms with Gasteiger partial charge in [-0.2, -0.15) is 4.31 Å². The first-order valence-electron chi connectivity index (χ1n) is 10.4. The quantitative estimate of drug-likeness (QED) is 0.745. The second-order valence-electron chi connectivity index (χ2n) is 7.91. The Bertz CT molecular complexity index is 969. The van der Waals surface area contributed by atoms with E-state index in [1.54, 1.807) is 28.6 Å². The number of sulfonamides is 1. The minimum absolute atomic E-state index is 0.113. The van der Waals surface area contributed by atoms with Gasteiger partial charge >= 0.3 is 0 Å². The molecule has 0 bridgehead atoms. The van der Waals surface area contributed by atoms with Crippen LogP contribution in [-0.2, 0) is 14.8 Å². The number of nitrogens with zero attached hydrogens (tertiary/aromatic N) is 1. The molecule has 1 saturated heterocycles. The molecule has 0 aromatic heterocycles. The Morgan fingerprint density at radius 2 is 1.53 bits per heavy atom. The Kier molecular flexibility index (Phi) is 7.15. The van der Waals surface area contributed by atoms with Crippen molar-refractivity contribution >= 4 is 21.6 Å². The van der Waals surface area contributed by atoms with Crippen LogP contribution >= 0.6 is 0 Å². The van der Waals surface area contributed by atoms with Gasteiger partial charge in [-0.1, -0.05) is 30.5 Å². The number of nitrogens with one attached hydrogen (secondary N) is 1. The summed E-state index contributed by atoms with van der Waals surface area (Å²) in [5, 5.41) is 2.76. The van der Waals surface area contributed by atoms with E-state index in [9.17, 15) is 13.2 Å². The molecule has 3 rings (SSSR count). The lowest BCUT2D eigenvalue weighted by Crippen LogP contribution is -2.31. The lowest BCUT2D eigenvalue weighted by atomic mass is 10.1. The number of hydrogen-bond acceptors (Lipinski definition) is 4. The highest BCUT2D eigenvalue weighted by Gasteiger charge is 2.25. The molecule has 0 unspecified atom stereocenters. The molecule has 6 nitrogen and oxygen atoms in total. The van der Waals surface area contributed by atoms with Gasteiger partial charge in [0, 0.05) is 18.8 Å². The normalized spacial score (nSPS) is 15.4. The summed E-state index contributed by atoms with van der Waals surface area (Å²) in [4.78, 5) is 12.5. The van der Waals surface area contributed by atoms with E-state index in [0.29, 0.717) is 18.8 Å². The van der Waals surface area contributed by atoms with Crippen molar-refractivity contribution in [3.05, 3.63) is 53.1 Å². The minimum Gasteiger partial charge on any atom is -0.483 e. The number of aryl methyl sites for hydroxylation is 3. The van der Waals surface area contributed by atoms with Gasteiger partial charge < -0.3 is 10.1 Å². The van der Waals surface area contributed by atoms with Gasteiger partial charge in [-0.3, -0.25) is 4.79 Å². The van der Waals surface area contributed by atoms with E-state index >= 15 is 0 Å². The average molecular weight is 431 g/mol. The third kappa shape index (κ3) is 5.40. The van der Waals surface area contributed by atoms with Crippen LogP contribution in [0.5, 0.6) is 5.75 Å². The third-order valence-corrected chi connectivity index (χ3v) is 7.21.